The number of nitrogen functional groups attached to an aromatic ring is 1. The predicted molar refractivity (Wildman–Crippen MR) is 80.7 cm³/mol. The zero-order valence-corrected chi connectivity index (χ0v) is 12.5. The highest BCUT2D eigenvalue weighted by Crippen LogP contribution is 2.27. The second-order valence-electron chi connectivity index (χ2n) is 4.09. The van der Waals surface area contributed by atoms with E-state index in [0.29, 0.717) is 17.2 Å². The van der Waals surface area contributed by atoms with Crippen LogP contribution in [-0.4, -0.2) is 14.9 Å². The number of anilines is 1. The van der Waals surface area contributed by atoms with E-state index in [1.807, 2.05) is 13.8 Å². The molecule has 0 aliphatic carbocycles. The molecule has 98 valence electrons. The summed E-state index contributed by atoms with van der Waals surface area (Å²) in [5.74, 6) is 0.797. The number of non-ortho nitro benzene ring substituents is 1. The maximum atomic E-state index is 10.8. The van der Waals surface area contributed by atoms with Crippen LogP contribution in [-0.2, 0) is 0 Å². The molecule has 1 aromatic heterocycles. The Kier molecular flexibility index (Phi) is 3.65. The molecule has 2 N–H and O–H groups in total. The molecule has 0 aliphatic heterocycles. The van der Waals surface area contributed by atoms with E-state index >= 15 is 0 Å². The van der Waals surface area contributed by atoms with Crippen LogP contribution in [0.25, 0.3) is 11.4 Å². The summed E-state index contributed by atoms with van der Waals surface area (Å²) in [6, 6.07) is 4.61. The number of aryl methyl sites for hydroxylation is 2. The number of nitrogens with zero attached hydrogens (tertiary/aromatic N) is 3. The molecule has 0 aliphatic rings. The van der Waals surface area contributed by atoms with Crippen molar-refractivity contribution < 1.29 is 4.92 Å². The lowest BCUT2D eigenvalue weighted by molar-refractivity contribution is -0.384. The molecule has 0 bridgehead atoms. The smallest absolute Gasteiger partial charge is 0.270 e. The van der Waals surface area contributed by atoms with Gasteiger partial charge in [0.05, 0.1) is 14.2 Å². The zero-order valence-electron chi connectivity index (χ0n) is 10.3. The van der Waals surface area contributed by atoms with Crippen molar-refractivity contribution in [1.82, 2.24) is 9.97 Å². The highest BCUT2D eigenvalue weighted by Gasteiger charge is 2.14. The first-order chi connectivity index (χ1) is 8.90. The van der Waals surface area contributed by atoms with Crippen molar-refractivity contribution in [3.05, 3.63) is 43.1 Å². The van der Waals surface area contributed by atoms with Crippen LogP contribution in [0.5, 0.6) is 0 Å². The van der Waals surface area contributed by atoms with Crippen molar-refractivity contribution in [2.45, 2.75) is 13.8 Å². The number of hydrogen-bond donors (Lipinski definition) is 1. The average Bonchev–Trinajstić information content (AvgIpc) is 2.35. The Morgan fingerprint density at radius 1 is 1.32 bits per heavy atom. The van der Waals surface area contributed by atoms with Crippen LogP contribution in [0.3, 0.4) is 0 Å². The molecule has 0 radical (unpaired) electrons. The molecule has 19 heavy (non-hydrogen) atoms. The number of rotatable bonds is 2. The summed E-state index contributed by atoms with van der Waals surface area (Å²) in [5, 5.41) is 10.8. The Morgan fingerprint density at radius 2 is 2.00 bits per heavy atom. The number of nitro groups is 1. The second-order valence-corrected chi connectivity index (χ2v) is 5.17. The molecule has 7 heteroatoms. The number of nitro benzene ring substituents is 1. The maximum Gasteiger partial charge on any atom is 0.270 e. The molecular formula is C12H11IN4O2. The normalized spacial score (nSPS) is 10.5. The minimum atomic E-state index is -0.439. The standard InChI is InChI=1S/C12H11IN4O2/c1-6-3-4-8(17(18)19)5-9(6)12-15-7(2)10(13)11(14)16-12/h3-5H,1-2H3,(H2,14,15,16). The van der Waals surface area contributed by atoms with E-state index < -0.39 is 4.92 Å². The Hall–Kier alpha value is -1.77. The van der Waals surface area contributed by atoms with Crippen LogP contribution in [0.15, 0.2) is 18.2 Å². The molecule has 1 heterocycles. The van der Waals surface area contributed by atoms with Gasteiger partial charge >= 0.3 is 0 Å². The lowest BCUT2D eigenvalue weighted by atomic mass is 10.1. The third-order valence-corrected chi connectivity index (χ3v) is 4.05. The molecule has 0 saturated heterocycles. The van der Waals surface area contributed by atoms with Gasteiger partial charge in [0.2, 0.25) is 0 Å². The first-order valence-corrected chi connectivity index (χ1v) is 6.53. The van der Waals surface area contributed by atoms with Gasteiger partial charge in [-0.3, -0.25) is 10.1 Å². The fraction of sp³-hybridized carbons (Fsp3) is 0.167. The Balaban J connectivity index is 2.64. The van der Waals surface area contributed by atoms with Gasteiger partial charge in [-0.25, -0.2) is 9.97 Å². The minimum Gasteiger partial charge on any atom is -0.383 e. The van der Waals surface area contributed by atoms with Gasteiger partial charge in [-0.15, -0.1) is 0 Å². The number of hydrogen-bond acceptors (Lipinski definition) is 5. The molecule has 0 saturated carbocycles. The van der Waals surface area contributed by atoms with Crippen LogP contribution < -0.4 is 5.73 Å². The Bertz CT molecular complexity index is 650. The SMILES string of the molecule is Cc1ccc([N+](=O)[O-])cc1-c1nc(C)c(I)c(N)n1. The summed E-state index contributed by atoms with van der Waals surface area (Å²) in [5.41, 5.74) is 8.08. The fourth-order valence-corrected chi connectivity index (χ4v) is 1.91. The molecule has 0 amide bonds. The van der Waals surface area contributed by atoms with Gasteiger partial charge in [0, 0.05) is 17.7 Å². The fourth-order valence-electron chi connectivity index (χ4n) is 1.67. The largest absolute Gasteiger partial charge is 0.383 e. The molecule has 2 aromatic rings. The van der Waals surface area contributed by atoms with Crippen LogP contribution in [0.1, 0.15) is 11.3 Å². The van der Waals surface area contributed by atoms with Crippen molar-refractivity contribution in [2.75, 3.05) is 5.73 Å². The van der Waals surface area contributed by atoms with Crippen molar-refractivity contribution in [1.29, 1.82) is 0 Å². The van der Waals surface area contributed by atoms with Gasteiger partial charge < -0.3 is 5.73 Å². The summed E-state index contributed by atoms with van der Waals surface area (Å²) >= 11 is 2.07. The van der Waals surface area contributed by atoms with E-state index in [-0.39, 0.29) is 5.69 Å². The van der Waals surface area contributed by atoms with Gasteiger partial charge in [0.15, 0.2) is 5.82 Å². The van der Waals surface area contributed by atoms with E-state index in [1.54, 1.807) is 6.07 Å². The summed E-state index contributed by atoms with van der Waals surface area (Å²) in [7, 11) is 0. The summed E-state index contributed by atoms with van der Waals surface area (Å²) in [6.07, 6.45) is 0. The van der Waals surface area contributed by atoms with Crippen molar-refractivity contribution in [2.24, 2.45) is 0 Å². The molecule has 0 fully saturated rings. The van der Waals surface area contributed by atoms with E-state index in [4.69, 9.17) is 5.73 Å². The summed E-state index contributed by atoms with van der Waals surface area (Å²) < 4.78 is 0.796. The average molecular weight is 370 g/mol. The van der Waals surface area contributed by atoms with Crippen LogP contribution in [0, 0.1) is 27.5 Å². The van der Waals surface area contributed by atoms with Crippen molar-refractivity contribution in [3.8, 4) is 11.4 Å². The summed E-state index contributed by atoms with van der Waals surface area (Å²) in [4.78, 5) is 18.9. The monoisotopic (exact) mass is 370 g/mol. The van der Waals surface area contributed by atoms with E-state index in [9.17, 15) is 10.1 Å². The van der Waals surface area contributed by atoms with Gasteiger partial charge in [-0.2, -0.15) is 0 Å². The molecule has 6 nitrogen and oxygen atoms in total. The van der Waals surface area contributed by atoms with Crippen molar-refractivity contribution in [3.63, 3.8) is 0 Å². The van der Waals surface area contributed by atoms with Gasteiger partial charge in [0.1, 0.15) is 5.82 Å². The Morgan fingerprint density at radius 3 is 2.58 bits per heavy atom. The lowest BCUT2D eigenvalue weighted by Crippen LogP contribution is -2.03. The zero-order chi connectivity index (χ0) is 14.2. The van der Waals surface area contributed by atoms with Gasteiger partial charge in [-0.1, -0.05) is 6.07 Å². The van der Waals surface area contributed by atoms with Gasteiger partial charge in [-0.05, 0) is 42.0 Å². The van der Waals surface area contributed by atoms with Gasteiger partial charge in [0.25, 0.3) is 5.69 Å². The lowest BCUT2D eigenvalue weighted by Gasteiger charge is -2.08. The van der Waals surface area contributed by atoms with E-state index in [1.165, 1.54) is 12.1 Å². The highest BCUT2D eigenvalue weighted by molar-refractivity contribution is 14.1. The van der Waals surface area contributed by atoms with E-state index in [0.717, 1.165) is 14.8 Å². The molecular weight excluding hydrogens is 359 g/mol. The molecule has 2 rings (SSSR count). The quantitative estimate of drug-likeness (QED) is 0.498. The first kappa shape index (κ1) is 13.7. The molecule has 0 spiro atoms. The maximum absolute atomic E-state index is 10.8. The van der Waals surface area contributed by atoms with Crippen LogP contribution in [0.2, 0.25) is 0 Å². The van der Waals surface area contributed by atoms with Crippen molar-refractivity contribution >= 4 is 34.1 Å². The second kappa shape index (κ2) is 5.08. The first-order valence-electron chi connectivity index (χ1n) is 5.45. The number of aromatic nitrogens is 2. The highest BCUT2D eigenvalue weighted by atomic mass is 127. The minimum absolute atomic E-state index is 0.0129. The Labute approximate surface area is 123 Å². The number of halogens is 1. The molecule has 0 unspecified atom stereocenters. The number of benzene rings is 1. The summed E-state index contributed by atoms with van der Waals surface area (Å²) in [6.45, 7) is 3.68. The number of nitrogens with two attached hydrogens (primary N) is 1. The third-order valence-electron chi connectivity index (χ3n) is 2.72. The van der Waals surface area contributed by atoms with Crippen LogP contribution in [0.4, 0.5) is 11.5 Å². The van der Waals surface area contributed by atoms with E-state index in [2.05, 4.69) is 32.6 Å². The molecule has 0 atom stereocenters. The predicted octanol–water partition coefficient (Wildman–Crippen LogP) is 2.86. The topological polar surface area (TPSA) is 94.9 Å². The third kappa shape index (κ3) is 2.65. The molecule has 1 aromatic carbocycles. The van der Waals surface area contributed by atoms with Crippen LogP contribution >= 0.6 is 22.6 Å².